The second kappa shape index (κ2) is 14.1. The summed E-state index contributed by atoms with van der Waals surface area (Å²) in [6.45, 7) is 3.77. The van der Waals surface area contributed by atoms with Gasteiger partial charge in [0.05, 0.1) is 41.3 Å². The molecule has 290 valence electrons. The first-order chi connectivity index (χ1) is 27.8. The molecule has 0 saturated carbocycles. The second-order valence-corrected chi connectivity index (χ2v) is 15.4. The maximum absolute atomic E-state index is 14.1. The third-order valence-corrected chi connectivity index (χ3v) is 11.9. The van der Waals surface area contributed by atoms with Crippen molar-refractivity contribution in [2.24, 2.45) is 0 Å². The van der Waals surface area contributed by atoms with Crippen molar-refractivity contribution in [1.29, 1.82) is 0 Å². The van der Waals surface area contributed by atoms with E-state index in [0.29, 0.717) is 13.1 Å². The molecule has 1 N–H and O–H groups in total. The lowest BCUT2D eigenvalue weighted by molar-refractivity contribution is -0.136. The molecule has 0 spiro atoms. The molecular weight excluding hydrogens is 730 g/mol. The molecule has 5 aliphatic rings. The summed E-state index contributed by atoms with van der Waals surface area (Å²) in [5.74, 6) is -0.563. The topological polar surface area (TPSA) is 146 Å². The van der Waals surface area contributed by atoms with E-state index >= 15 is 0 Å². The van der Waals surface area contributed by atoms with E-state index in [2.05, 4.69) is 25.0 Å². The van der Waals surface area contributed by atoms with Crippen molar-refractivity contribution < 1.29 is 28.3 Å². The third kappa shape index (κ3) is 6.35. The first-order valence-electron chi connectivity index (χ1n) is 19.6. The van der Waals surface area contributed by atoms with Gasteiger partial charge in [0.2, 0.25) is 11.8 Å². The van der Waals surface area contributed by atoms with Crippen molar-refractivity contribution >= 4 is 46.6 Å². The van der Waals surface area contributed by atoms with Gasteiger partial charge in [-0.05, 0) is 92.3 Å². The fourth-order valence-electron chi connectivity index (χ4n) is 8.92. The smallest absolute Gasteiger partial charge is 0.262 e. The maximum Gasteiger partial charge on any atom is 0.262 e. The lowest BCUT2D eigenvalue weighted by atomic mass is 10.0. The molecule has 0 aliphatic carbocycles. The monoisotopic (exact) mass is 769 g/mol. The van der Waals surface area contributed by atoms with E-state index in [1.54, 1.807) is 24.3 Å². The SMILES string of the molecule is O=C1CCC(N2C(=O)c3ccc(N4CC(OC5CCN(c6cccc(-c7cnc8ccc(N9CCC[C@@H]9c9cccc(F)c9)nn78)n6)CC5)C4)cc3C2=O)C(=O)N1. The summed E-state index contributed by atoms with van der Waals surface area (Å²) in [6, 6.07) is 21.1. The molecule has 5 aromatic rings. The first-order valence-corrected chi connectivity index (χ1v) is 19.6. The molecule has 2 atom stereocenters. The van der Waals surface area contributed by atoms with Gasteiger partial charge in [-0.15, -0.1) is 5.10 Å². The number of benzene rings is 2. The number of hydrogen-bond donors (Lipinski definition) is 1. The van der Waals surface area contributed by atoms with E-state index in [-0.39, 0.29) is 48.0 Å². The molecule has 0 radical (unpaired) electrons. The summed E-state index contributed by atoms with van der Waals surface area (Å²) >= 11 is 0. The largest absolute Gasteiger partial charge is 0.371 e. The number of piperidine rings is 2. The Balaban J connectivity index is 0.755. The summed E-state index contributed by atoms with van der Waals surface area (Å²) in [5, 5.41) is 7.25. The Morgan fingerprint density at radius 3 is 2.40 bits per heavy atom. The molecule has 15 heteroatoms. The Morgan fingerprint density at radius 2 is 1.58 bits per heavy atom. The first kappa shape index (κ1) is 35.2. The van der Waals surface area contributed by atoms with E-state index in [9.17, 15) is 23.6 Å². The van der Waals surface area contributed by atoms with Gasteiger partial charge in [-0.3, -0.25) is 29.4 Å². The van der Waals surface area contributed by atoms with Crippen LogP contribution < -0.4 is 20.0 Å². The number of ether oxygens (including phenoxy) is 1. The number of carbonyl (C=O) groups excluding carboxylic acids is 4. The Bertz CT molecular complexity index is 2440. The molecular formula is C42H40FN9O5. The number of rotatable bonds is 8. The minimum absolute atomic E-state index is 0.0470. The van der Waals surface area contributed by atoms with Gasteiger partial charge in [0.1, 0.15) is 29.2 Å². The summed E-state index contributed by atoms with van der Waals surface area (Å²) < 4.78 is 22.4. The van der Waals surface area contributed by atoms with Crippen LogP contribution in [0, 0.1) is 5.82 Å². The average molecular weight is 770 g/mol. The molecule has 8 heterocycles. The molecule has 4 fully saturated rings. The lowest BCUT2D eigenvalue weighted by Gasteiger charge is -2.43. The van der Waals surface area contributed by atoms with E-state index in [1.165, 1.54) is 6.07 Å². The summed E-state index contributed by atoms with van der Waals surface area (Å²) in [7, 11) is 0. The van der Waals surface area contributed by atoms with Crippen LogP contribution in [-0.2, 0) is 14.3 Å². The highest BCUT2D eigenvalue weighted by atomic mass is 19.1. The molecule has 2 aromatic carbocycles. The molecule has 57 heavy (non-hydrogen) atoms. The second-order valence-electron chi connectivity index (χ2n) is 15.4. The van der Waals surface area contributed by atoms with Crippen LogP contribution in [0.4, 0.5) is 21.7 Å². The number of carbonyl (C=O) groups is 4. The van der Waals surface area contributed by atoms with E-state index < -0.39 is 29.7 Å². The summed E-state index contributed by atoms with van der Waals surface area (Å²) in [6.07, 6.45) is 5.82. The predicted octanol–water partition coefficient (Wildman–Crippen LogP) is 4.55. The molecule has 14 nitrogen and oxygen atoms in total. The predicted molar refractivity (Wildman–Crippen MR) is 207 cm³/mol. The molecule has 0 bridgehead atoms. The number of nitrogens with one attached hydrogen (secondary N) is 1. The number of halogens is 1. The van der Waals surface area contributed by atoms with Crippen LogP contribution >= 0.6 is 0 Å². The highest BCUT2D eigenvalue weighted by Gasteiger charge is 2.45. The van der Waals surface area contributed by atoms with Crippen LogP contribution in [0.5, 0.6) is 0 Å². The number of aromatic nitrogens is 4. The number of imide groups is 2. The van der Waals surface area contributed by atoms with Gasteiger partial charge in [0.15, 0.2) is 5.65 Å². The van der Waals surface area contributed by atoms with Crippen molar-refractivity contribution in [3.05, 3.63) is 102 Å². The highest BCUT2D eigenvalue weighted by Crippen LogP contribution is 2.37. The zero-order valence-corrected chi connectivity index (χ0v) is 31.1. The summed E-state index contributed by atoms with van der Waals surface area (Å²) in [4.78, 5) is 67.7. The van der Waals surface area contributed by atoms with Gasteiger partial charge >= 0.3 is 0 Å². The molecule has 4 amide bonds. The van der Waals surface area contributed by atoms with Gasteiger partial charge in [-0.25, -0.2) is 18.9 Å². The number of nitrogens with zero attached hydrogens (tertiary/aromatic N) is 8. The lowest BCUT2D eigenvalue weighted by Crippen LogP contribution is -2.54. The van der Waals surface area contributed by atoms with Crippen LogP contribution in [0.15, 0.2) is 79.0 Å². The molecule has 4 saturated heterocycles. The number of imidazole rings is 1. The standard InChI is InChI=1S/C42H40FN9O5/c43-26-5-1-4-25(20-26)33-7-3-17-50(33)38-13-12-36-44-22-35(52(36)47-38)32-6-2-8-37(45-32)48-18-15-28(16-19-48)57-29-23-49(24-29)27-9-10-30-31(21-27)42(56)51(41(30)55)34-11-14-39(53)46-40(34)54/h1-2,4-6,8-10,12-13,20-22,28-29,33-34H,3,7,11,14-19,23-24H2,(H,46,53,54)/t33-,34?/m1/s1. The maximum atomic E-state index is 14.1. The highest BCUT2D eigenvalue weighted by molar-refractivity contribution is 6.23. The Labute approximate surface area is 327 Å². The minimum atomic E-state index is -0.987. The Hall–Kier alpha value is -6.22. The van der Waals surface area contributed by atoms with E-state index in [0.717, 1.165) is 90.1 Å². The van der Waals surface area contributed by atoms with Crippen molar-refractivity contribution in [1.82, 2.24) is 29.8 Å². The number of pyridine rings is 1. The third-order valence-electron chi connectivity index (χ3n) is 11.9. The molecule has 10 rings (SSSR count). The van der Waals surface area contributed by atoms with Crippen molar-refractivity contribution in [3.63, 3.8) is 0 Å². The van der Waals surface area contributed by atoms with Crippen molar-refractivity contribution in [3.8, 4) is 11.4 Å². The fourth-order valence-corrected chi connectivity index (χ4v) is 8.92. The van der Waals surface area contributed by atoms with Crippen molar-refractivity contribution in [2.45, 2.75) is 62.8 Å². The normalized spacial score (nSPS) is 21.8. The van der Waals surface area contributed by atoms with E-state index in [4.69, 9.17) is 14.8 Å². The van der Waals surface area contributed by atoms with Gasteiger partial charge in [-0.1, -0.05) is 18.2 Å². The molecule has 5 aliphatic heterocycles. The molecule has 3 aromatic heterocycles. The number of hydrogen-bond acceptors (Lipinski definition) is 11. The zero-order valence-electron chi connectivity index (χ0n) is 31.1. The minimum Gasteiger partial charge on any atom is -0.371 e. The van der Waals surface area contributed by atoms with Crippen LogP contribution in [0.3, 0.4) is 0 Å². The zero-order chi connectivity index (χ0) is 38.8. The quantitative estimate of drug-likeness (QED) is 0.222. The van der Waals surface area contributed by atoms with Crippen LogP contribution in [0.1, 0.15) is 70.8 Å². The number of amides is 4. The van der Waals surface area contributed by atoms with Gasteiger partial charge in [0, 0.05) is 44.8 Å². The average Bonchev–Trinajstić information content (AvgIpc) is 3.93. The van der Waals surface area contributed by atoms with Crippen molar-refractivity contribution in [2.75, 3.05) is 47.4 Å². The summed E-state index contributed by atoms with van der Waals surface area (Å²) in [5.41, 5.74) is 4.63. The van der Waals surface area contributed by atoms with E-state index in [1.807, 2.05) is 53.2 Å². The van der Waals surface area contributed by atoms with Gasteiger partial charge in [-0.2, -0.15) is 0 Å². The molecule has 1 unspecified atom stereocenters. The van der Waals surface area contributed by atoms with Crippen LogP contribution in [0.25, 0.3) is 17.0 Å². The number of anilines is 3. The van der Waals surface area contributed by atoms with Gasteiger partial charge in [0.25, 0.3) is 11.8 Å². The Kier molecular flexibility index (Phi) is 8.69. The van der Waals surface area contributed by atoms with Gasteiger partial charge < -0.3 is 19.4 Å². The van der Waals surface area contributed by atoms with Crippen LogP contribution in [0.2, 0.25) is 0 Å². The Morgan fingerprint density at radius 1 is 0.754 bits per heavy atom. The number of fused-ring (bicyclic) bond motifs is 2. The fraction of sp³-hybridized carbons (Fsp3) is 0.357. The van der Waals surface area contributed by atoms with Crippen LogP contribution in [-0.4, -0.2) is 99.1 Å².